The summed E-state index contributed by atoms with van der Waals surface area (Å²) in [4.78, 5) is 18.8. The van der Waals surface area contributed by atoms with Gasteiger partial charge in [0.15, 0.2) is 17.5 Å². The molecule has 2 N–H and O–H groups in total. The number of rotatable bonds is 6. The zero-order valence-corrected chi connectivity index (χ0v) is 15.2. The molecule has 1 aromatic heterocycles. The quantitative estimate of drug-likeness (QED) is 0.762. The second kappa shape index (κ2) is 7.54. The first-order valence-corrected chi connectivity index (χ1v) is 9.44. The fraction of sp³-hybridized carbons (Fsp3) is 0.526. The highest BCUT2D eigenvalue weighted by Crippen LogP contribution is 2.39. The van der Waals surface area contributed by atoms with Crippen LogP contribution in [0.15, 0.2) is 16.7 Å². The van der Waals surface area contributed by atoms with Gasteiger partial charge in [0.2, 0.25) is 11.8 Å². The summed E-state index contributed by atoms with van der Waals surface area (Å²) in [5.74, 6) is -1.98. The van der Waals surface area contributed by atoms with Crippen LogP contribution in [0.25, 0.3) is 0 Å². The summed E-state index contributed by atoms with van der Waals surface area (Å²) in [6.45, 7) is 0.552. The number of hydrogen-bond donors (Lipinski definition) is 1. The normalized spacial score (nSPS) is 20.6. The molecule has 1 saturated heterocycles. The summed E-state index contributed by atoms with van der Waals surface area (Å²) < 4.78 is 45.5. The minimum Gasteiger partial charge on any atom is -0.337 e. The average molecular weight is 394 g/mol. The van der Waals surface area contributed by atoms with Crippen LogP contribution in [-0.2, 0) is 11.2 Å². The summed E-state index contributed by atoms with van der Waals surface area (Å²) >= 11 is 0. The topological polar surface area (TPSA) is 85.3 Å². The number of amides is 1. The number of nitrogens with two attached hydrogens (primary N) is 1. The second-order valence-corrected chi connectivity index (χ2v) is 7.54. The fourth-order valence-electron chi connectivity index (χ4n) is 3.63. The standard InChI is InChI=1S/C19H21F3N4O2/c20-13-9-15(22)14(21)7-11(13)6-12(23)8-17(27)26-5-1-2-16(26)19-24-18(25-28-19)10-3-4-10/h7,9-10,12,16H,1-6,8,23H2/t12?,16-/m0/s1. The molecule has 28 heavy (non-hydrogen) atoms. The van der Waals surface area contributed by atoms with E-state index in [1.165, 1.54) is 0 Å². The third-order valence-electron chi connectivity index (χ3n) is 5.27. The van der Waals surface area contributed by atoms with Gasteiger partial charge in [0.25, 0.3) is 0 Å². The lowest BCUT2D eigenvalue weighted by atomic mass is 10.0. The van der Waals surface area contributed by atoms with Gasteiger partial charge in [-0.15, -0.1) is 0 Å². The first kappa shape index (κ1) is 18.9. The van der Waals surface area contributed by atoms with Gasteiger partial charge in [-0.2, -0.15) is 4.98 Å². The molecule has 0 spiro atoms. The Morgan fingerprint density at radius 3 is 2.71 bits per heavy atom. The van der Waals surface area contributed by atoms with E-state index in [0.29, 0.717) is 30.2 Å². The first-order valence-electron chi connectivity index (χ1n) is 9.44. The maximum absolute atomic E-state index is 13.8. The maximum atomic E-state index is 13.8. The largest absolute Gasteiger partial charge is 0.337 e. The van der Waals surface area contributed by atoms with Crippen molar-refractivity contribution in [2.75, 3.05) is 6.54 Å². The number of nitrogens with zero attached hydrogens (tertiary/aromatic N) is 3. The molecular formula is C19H21F3N4O2. The summed E-state index contributed by atoms with van der Waals surface area (Å²) in [5.41, 5.74) is 5.93. The van der Waals surface area contributed by atoms with Gasteiger partial charge in [-0.25, -0.2) is 13.2 Å². The molecule has 1 aromatic carbocycles. The Bertz CT molecular complexity index is 884. The monoisotopic (exact) mass is 394 g/mol. The molecular weight excluding hydrogens is 373 g/mol. The van der Waals surface area contributed by atoms with Crippen LogP contribution >= 0.6 is 0 Å². The molecule has 2 fully saturated rings. The first-order chi connectivity index (χ1) is 13.4. The van der Waals surface area contributed by atoms with Crippen molar-refractivity contribution in [3.63, 3.8) is 0 Å². The molecule has 2 aliphatic rings. The molecule has 0 bridgehead atoms. The van der Waals surface area contributed by atoms with Crippen molar-refractivity contribution in [1.82, 2.24) is 15.0 Å². The molecule has 0 radical (unpaired) electrons. The highest BCUT2D eigenvalue weighted by Gasteiger charge is 2.36. The number of likely N-dealkylation sites (tertiary alicyclic amines) is 1. The van der Waals surface area contributed by atoms with Gasteiger partial charge in [-0.1, -0.05) is 5.16 Å². The third-order valence-corrected chi connectivity index (χ3v) is 5.27. The number of carbonyl (C=O) groups excluding carboxylic acids is 1. The highest BCUT2D eigenvalue weighted by atomic mass is 19.2. The minimum atomic E-state index is -1.25. The predicted octanol–water partition coefficient (Wildman–Crippen LogP) is 2.99. The van der Waals surface area contributed by atoms with E-state index in [9.17, 15) is 18.0 Å². The van der Waals surface area contributed by atoms with Crippen LogP contribution in [0.3, 0.4) is 0 Å². The van der Waals surface area contributed by atoms with Crippen LogP contribution in [0, 0.1) is 17.5 Å². The molecule has 6 nitrogen and oxygen atoms in total. The van der Waals surface area contributed by atoms with Gasteiger partial charge in [0.05, 0.1) is 0 Å². The average Bonchev–Trinajstić information content (AvgIpc) is 3.18. The Morgan fingerprint density at radius 1 is 1.21 bits per heavy atom. The SMILES string of the molecule is NC(CC(=O)N1CCC[C@H]1c1nc(C2CC2)no1)Cc1cc(F)c(F)cc1F. The molecule has 9 heteroatoms. The van der Waals surface area contributed by atoms with Crippen LogP contribution in [0.4, 0.5) is 13.2 Å². The van der Waals surface area contributed by atoms with Gasteiger partial charge < -0.3 is 15.2 Å². The van der Waals surface area contributed by atoms with Gasteiger partial charge in [0.1, 0.15) is 11.9 Å². The fourth-order valence-corrected chi connectivity index (χ4v) is 3.63. The van der Waals surface area contributed by atoms with Gasteiger partial charge in [-0.3, -0.25) is 4.79 Å². The second-order valence-electron chi connectivity index (χ2n) is 7.54. The van der Waals surface area contributed by atoms with E-state index in [2.05, 4.69) is 10.1 Å². The van der Waals surface area contributed by atoms with E-state index in [1.807, 2.05) is 0 Å². The van der Waals surface area contributed by atoms with E-state index in [-0.39, 0.29) is 30.4 Å². The molecule has 150 valence electrons. The van der Waals surface area contributed by atoms with Crippen molar-refractivity contribution in [3.8, 4) is 0 Å². The van der Waals surface area contributed by atoms with Crippen LogP contribution in [0.1, 0.15) is 61.3 Å². The van der Waals surface area contributed by atoms with Crippen LogP contribution in [-0.4, -0.2) is 33.5 Å². The van der Waals surface area contributed by atoms with E-state index in [0.717, 1.165) is 31.7 Å². The summed E-state index contributed by atoms with van der Waals surface area (Å²) in [7, 11) is 0. The number of halogens is 3. The summed E-state index contributed by atoms with van der Waals surface area (Å²) in [6.07, 6.45) is 3.54. The van der Waals surface area contributed by atoms with Crippen molar-refractivity contribution in [1.29, 1.82) is 0 Å². The third kappa shape index (κ3) is 3.89. The molecule has 1 saturated carbocycles. The lowest BCUT2D eigenvalue weighted by Crippen LogP contribution is -2.36. The Morgan fingerprint density at radius 2 is 1.96 bits per heavy atom. The number of benzene rings is 1. The van der Waals surface area contributed by atoms with Gasteiger partial charge in [-0.05, 0) is 43.7 Å². The Balaban J connectivity index is 1.39. The minimum absolute atomic E-state index is 0.0431. The Kier molecular flexibility index (Phi) is 5.09. The Hall–Kier alpha value is -2.42. The van der Waals surface area contributed by atoms with Gasteiger partial charge >= 0.3 is 0 Å². The molecule has 1 amide bonds. The van der Waals surface area contributed by atoms with Crippen molar-refractivity contribution in [2.24, 2.45) is 5.73 Å². The van der Waals surface area contributed by atoms with Gasteiger partial charge in [0, 0.05) is 31.0 Å². The summed E-state index contributed by atoms with van der Waals surface area (Å²) in [5, 5.41) is 4.00. The maximum Gasteiger partial charge on any atom is 0.249 e. The molecule has 4 rings (SSSR count). The lowest BCUT2D eigenvalue weighted by Gasteiger charge is -2.23. The Labute approximate surface area is 159 Å². The number of aromatic nitrogens is 2. The summed E-state index contributed by atoms with van der Waals surface area (Å²) in [6, 6.07) is 0.270. The zero-order valence-electron chi connectivity index (χ0n) is 15.2. The van der Waals surface area contributed by atoms with Crippen LogP contribution in [0.5, 0.6) is 0 Å². The molecule has 2 aromatic rings. The van der Waals surface area contributed by atoms with E-state index >= 15 is 0 Å². The molecule has 2 atom stereocenters. The van der Waals surface area contributed by atoms with Crippen LogP contribution in [0.2, 0.25) is 0 Å². The van der Waals surface area contributed by atoms with E-state index in [1.54, 1.807) is 4.90 Å². The zero-order chi connectivity index (χ0) is 19.8. The van der Waals surface area contributed by atoms with Crippen LogP contribution < -0.4 is 5.73 Å². The molecule has 1 aliphatic carbocycles. The molecule has 1 unspecified atom stereocenters. The van der Waals surface area contributed by atoms with Crippen molar-refractivity contribution in [2.45, 2.75) is 56.5 Å². The number of carbonyl (C=O) groups is 1. The highest BCUT2D eigenvalue weighted by molar-refractivity contribution is 5.77. The smallest absolute Gasteiger partial charge is 0.249 e. The van der Waals surface area contributed by atoms with Crippen molar-refractivity contribution >= 4 is 5.91 Å². The number of hydrogen-bond acceptors (Lipinski definition) is 5. The molecule has 2 heterocycles. The lowest BCUT2D eigenvalue weighted by molar-refractivity contribution is -0.132. The molecule has 1 aliphatic heterocycles. The predicted molar refractivity (Wildman–Crippen MR) is 92.6 cm³/mol. The van der Waals surface area contributed by atoms with Crippen molar-refractivity contribution < 1.29 is 22.5 Å². The van der Waals surface area contributed by atoms with E-state index in [4.69, 9.17) is 10.3 Å². The van der Waals surface area contributed by atoms with Crippen molar-refractivity contribution in [3.05, 3.63) is 46.9 Å². The van der Waals surface area contributed by atoms with E-state index < -0.39 is 23.5 Å².